The number of allylic oxidation sites excluding steroid dienone is 2. The largest absolute Gasteiger partial charge is 0.511 e. The fraction of sp³-hybridized carbons (Fsp3) is 0.606. The Balaban J connectivity index is 1.45. The number of carbonyl (C=O) groups excluding carboxylic acids is 3. The number of alkyl halides is 3. The lowest BCUT2D eigenvalue weighted by atomic mass is 9.60. The van der Waals surface area contributed by atoms with E-state index in [1.54, 1.807) is 0 Å². The Labute approximate surface area is 258 Å². The average Bonchev–Trinajstić information content (AvgIpc) is 3.26. The molecule has 1 aromatic rings. The smallest absolute Gasteiger partial charge is 0.417 e. The summed E-state index contributed by atoms with van der Waals surface area (Å²) >= 11 is 0. The number of Topliss-reactive ketones (excluding diaryl/α,β-unsaturated/α-hetero) is 2. The summed E-state index contributed by atoms with van der Waals surface area (Å²) in [5.41, 5.74) is -1.25. The van der Waals surface area contributed by atoms with Gasteiger partial charge in [-0.1, -0.05) is 27.7 Å². The van der Waals surface area contributed by atoms with Crippen molar-refractivity contribution in [2.45, 2.75) is 90.6 Å². The molecule has 0 aromatic heterocycles. The van der Waals surface area contributed by atoms with Crippen molar-refractivity contribution in [2.75, 3.05) is 6.54 Å². The lowest BCUT2D eigenvalue weighted by Gasteiger charge is -2.46. The summed E-state index contributed by atoms with van der Waals surface area (Å²) in [6, 6.07) is 1.01. The number of hydrogen-bond donors (Lipinski definition) is 5. The Morgan fingerprint density at radius 2 is 1.76 bits per heavy atom. The van der Waals surface area contributed by atoms with E-state index in [0.29, 0.717) is 12.5 Å². The number of phenols is 1. The van der Waals surface area contributed by atoms with Crippen LogP contribution in [0.3, 0.4) is 0 Å². The van der Waals surface area contributed by atoms with Gasteiger partial charge in [-0.3, -0.25) is 19.3 Å². The van der Waals surface area contributed by atoms with Crippen molar-refractivity contribution < 1.29 is 48.0 Å². The second-order valence-electron chi connectivity index (χ2n) is 14.4. The van der Waals surface area contributed by atoms with Crippen molar-refractivity contribution in [2.24, 2.45) is 34.3 Å². The van der Waals surface area contributed by atoms with E-state index in [9.17, 15) is 48.0 Å². The average molecular weight is 633 g/mol. The summed E-state index contributed by atoms with van der Waals surface area (Å²) in [5.74, 6) is -8.19. The number of aliphatic hydroxyl groups excluding tert-OH is 2. The molecular weight excluding hydrogens is 593 g/mol. The number of primary amides is 1. The molecule has 45 heavy (non-hydrogen) atoms. The van der Waals surface area contributed by atoms with Crippen molar-refractivity contribution in [3.63, 3.8) is 0 Å². The standard InChI is InChI=1S/C33H39F3N2O7/c1-5-38(21-12-16-6-7-31(21,4)30(16,2)3)13-15-10-19(39)23-18(25(15)33(34,35)36)9-14-8-17-11-20(40)24(29(37)44)28(43)32(17,45)27(42)22(14)26(23)41/h10,14,16-17,21,39-40,42,45H,5-9,11-13H2,1-4H3,(H2,37,44)/t14?,16?,17-,21-,31?,32-/m0/s1. The van der Waals surface area contributed by atoms with Crippen LogP contribution in [0.2, 0.25) is 0 Å². The Morgan fingerprint density at radius 1 is 1.09 bits per heavy atom. The molecule has 2 bridgehead atoms. The van der Waals surface area contributed by atoms with Crippen LogP contribution in [-0.4, -0.2) is 61.0 Å². The third-order valence-corrected chi connectivity index (χ3v) is 12.4. The van der Waals surface area contributed by atoms with Crippen LogP contribution in [0.25, 0.3) is 0 Å². The topological polar surface area (TPSA) is 161 Å². The zero-order valence-electron chi connectivity index (χ0n) is 25.7. The van der Waals surface area contributed by atoms with Gasteiger partial charge in [0.15, 0.2) is 11.4 Å². The predicted molar refractivity (Wildman–Crippen MR) is 155 cm³/mol. The van der Waals surface area contributed by atoms with Gasteiger partial charge in [-0.15, -0.1) is 0 Å². The quantitative estimate of drug-likeness (QED) is 0.294. The SMILES string of the molecule is CCN(Cc1cc(O)c2c(c1C(F)(F)F)CC1C[C@H]3CC(O)=C(C(N)=O)C(=O)[C@@]3(O)C(O)=C1C2=O)[C@H]1CC2CCC1(C)C2(C)C. The van der Waals surface area contributed by atoms with Crippen molar-refractivity contribution in [1.82, 2.24) is 4.90 Å². The van der Waals surface area contributed by atoms with Gasteiger partial charge in [-0.25, -0.2) is 0 Å². The third kappa shape index (κ3) is 4.10. The number of hydrogen-bond acceptors (Lipinski definition) is 8. The summed E-state index contributed by atoms with van der Waals surface area (Å²) < 4.78 is 45.0. The first-order valence-corrected chi connectivity index (χ1v) is 15.5. The second-order valence-corrected chi connectivity index (χ2v) is 14.4. The number of halogens is 3. The minimum Gasteiger partial charge on any atom is -0.511 e. The number of nitrogens with zero attached hydrogens (tertiary/aromatic N) is 1. The maximum Gasteiger partial charge on any atom is 0.417 e. The number of nitrogens with two attached hydrogens (primary N) is 1. The van der Waals surface area contributed by atoms with Crippen LogP contribution in [0, 0.1) is 28.6 Å². The van der Waals surface area contributed by atoms with E-state index >= 15 is 0 Å². The highest BCUT2D eigenvalue weighted by molar-refractivity contribution is 6.24. The zero-order valence-corrected chi connectivity index (χ0v) is 25.7. The Kier molecular flexibility index (Phi) is 6.89. The van der Waals surface area contributed by atoms with Crippen LogP contribution in [0.15, 0.2) is 28.7 Å². The maximum absolute atomic E-state index is 15.0. The molecule has 0 heterocycles. The molecule has 6 N–H and O–H groups in total. The minimum atomic E-state index is -4.89. The molecule has 5 aliphatic rings. The second kappa shape index (κ2) is 9.81. The summed E-state index contributed by atoms with van der Waals surface area (Å²) in [7, 11) is 0. The predicted octanol–water partition coefficient (Wildman–Crippen LogP) is 4.64. The first-order chi connectivity index (χ1) is 20.8. The Morgan fingerprint density at radius 3 is 2.29 bits per heavy atom. The summed E-state index contributed by atoms with van der Waals surface area (Å²) in [5, 5.41) is 44.1. The van der Waals surface area contributed by atoms with Gasteiger partial charge in [-0.05, 0) is 78.5 Å². The zero-order chi connectivity index (χ0) is 33.2. The van der Waals surface area contributed by atoms with Crippen molar-refractivity contribution in [3.8, 4) is 5.75 Å². The molecule has 3 unspecified atom stereocenters. The molecule has 6 rings (SSSR count). The van der Waals surface area contributed by atoms with Gasteiger partial charge < -0.3 is 26.2 Å². The summed E-state index contributed by atoms with van der Waals surface area (Å²) in [6.07, 6.45) is -3.08. The molecule has 1 aromatic carbocycles. The molecule has 5 aliphatic carbocycles. The van der Waals surface area contributed by atoms with E-state index in [1.807, 2.05) is 11.8 Å². The van der Waals surface area contributed by atoms with E-state index in [2.05, 4.69) is 20.8 Å². The van der Waals surface area contributed by atoms with Crippen LogP contribution in [0.1, 0.15) is 86.8 Å². The normalized spacial score (nSPS) is 33.9. The first-order valence-electron chi connectivity index (χ1n) is 15.5. The van der Waals surface area contributed by atoms with Crippen molar-refractivity contribution in [3.05, 3.63) is 51.0 Å². The number of benzene rings is 1. The molecule has 0 aliphatic heterocycles. The van der Waals surface area contributed by atoms with Crippen molar-refractivity contribution >= 4 is 17.5 Å². The molecule has 1 amide bonds. The minimum absolute atomic E-state index is 0.0261. The monoisotopic (exact) mass is 632 g/mol. The number of ketones is 2. The van der Waals surface area contributed by atoms with Gasteiger partial charge in [-0.2, -0.15) is 13.2 Å². The van der Waals surface area contributed by atoms with Crippen molar-refractivity contribution in [1.29, 1.82) is 0 Å². The lowest BCUT2D eigenvalue weighted by Crippen LogP contribution is -2.57. The molecule has 12 heteroatoms. The highest BCUT2D eigenvalue weighted by atomic mass is 19.4. The molecule has 9 nitrogen and oxygen atoms in total. The van der Waals surface area contributed by atoms with Gasteiger partial charge in [0, 0.05) is 30.5 Å². The fourth-order valence-corrected chi connectivity index (χ4v) is 9.61. The third-order valence-electron chi connectivity index (χ3n) is 12.4. The van der Waals surface area contributed by atoms with E-state index in [-0.39, 0.29) is 35.4 Å². The van der Waals surface area contributed by atoms with Gasteiger partial charge in [0.25, 0.3) is 5.91 Å². The molecule has 6 atom stereocenters. The highest BCUT2D eigenvalue weighted by Crippen LogP contribution is 2.66. The van der Waals surface area contributed by atoms with Gasteiger partial charge >= 0.3 is 6.18 Å². The molecular formula is C33H39F3N2O7. The van der Waals surface area contributed by atoms with Gasteiger partial charge in [0.1, 0.15) is 22.8 Å². The van der Waals surface area contributed by atoms with Crippen LogP contribution >= 0.6 is 0 Å². The lowest BCUT2D eigenvalue weighted by molar-refractivity contribution is -0.144. The number of rotatable bonds is 5. The van der Waals surface area contributed by atoms with Gasteiger partial charge in [0.2, 0.25) is 5.78 Å². The number of phenolic OH excluding ortho intramolecular Hbond substituents is 1. The number of amides is 1. The van der Waals surface area contributed by atoms with Crippen LogP contribution in [0.5, 0.6) is 5.75 Å². The van der Waals surface area contributed by atoms with Crippen LogP contribution < -0.4 is 5.73 Å². The van der Waals surface area contributed by atoms with Gasteiger partial charge in [0.05, 0.1) is 11.1 Å². The molecule has 2 saturated carbocycles. The van der Waals surface area contributed by atoms with E-state index in [1.165, 1.54) is 0 Å². The molecule has 0 spiro atoms. The Bertz CT molecular complexity index is 1610. The number of carbonyl (C=O) groups is 3. The van der Waals surface area contributed by atoms with Crippen LogP contribution in [0.4, 0.5) is 13.2 Å². The summed E-state index contributed by atoms with van der Waals surface area (Å²) in [4.78, 5) is 40.9. The first kappa shape index (κ1) is 31.6. The fourth-order valence-electron chi connectivity index (χ4n) is 9.61. The Hall–Kier alpha value is -3.38. The van der Waals surface area contributed by atoms with E-state index in [0.717, 1.165) is 25.3 Å². The summed E-state index contributed by atoms with van der Waals surface area (Å²) in [6.45, 7) is 8.96. The molecule has 2 fully saturated rings. The van der Waals surface area contributed by atoms with E-state index < -0.39 is 99.0 Å². The maximum atomic E-state index is 15.0. The van der Waals surface area contributed by atoms with E-state index in [4.69, 9.17) is 5.73 Å². The highest BCUT2D eigenvalue weighted by Gasteiger charge is 2.63. The van der Waals surface area contributed by atoms with Crippen LogP contribution in [-0.2, 0) is 28.7 Å². The number of fused-ring (bicyclic) bond motifs is 5. The number of aromatic hydroxyl groups is 1. The molecule has 0 radical (unpaired) electrons. The number of aliphatic hydroxyl groups is 3. The molecule has 0 saturated heterocycles. The molecule has 244 valence electrons.